The minimum atomic E-state index is -0.300. The average molecular weight is 555 g/mol. The number of aromatic amines is 1. The number of carbonyl (C=O) groups is 2. The molecule has 0 bridgehead atoms. The Kier molecular flexibility index (Phi) is 8.81. The third-order valence-corrected chi connectivity index (χ3v) is 8.12. The molecule has 3 aromatic rings. The van der Waals surface area contributed by atoms with Crippen LogP contribution in [0.2, 0.25) is 0 Å². The molecule has 1 aliphatic heterocycles. The van der Waals surface area contributed by atoms with E-state index in [-0.39, 0.29) is 23.9 Å². The standard InChI is InChI=1S/C33H38N4O4/c1-4-31(38)36-30-17-23(20-37-13-15-41-16-14-37)10-12-26(30)24-11-9-21(2)28(18-24)32(39)34-19-29-27-8-6-5-7-25(27)22(3)35-33(29)40/h4,9-12,17-18H,1,5-8,13-16,19-20H2,2-3H3,(H,34,39)(H,35,40)(H,36,38). The summed E-state index contributed by atoms with van der Waals surface area (Å²) in [6.07, 6.45) is 5.23. The molecular weight excluding hydrogens is 516 g/mol. The summed E-state index contributed by atoms with van der Waals surface area (Å²) in [6, 6.07) is 11.7. The molecular formula is C33H38N4O4. The maximum Gasteiger partial charge on any atom is 0.253 e. The van der Waals surface area contributed by atoms with Gasteiger partial charge in [0.15, 0.2) is 0 Å². The second kappa shape index (κ2) is 12.7. The van der Waals surface area contributed by atoms with E-state index in [9.17, 15) is 14.4 Å². The predicted octanol–water partition coefficient (Wildman–Crippen LogP) is 4.42. The van der Waals surface area contributed by atoms with Crippen LogP contribution in [0.4, 0.5) is 5.69 Å². The maximum atomic E-state index is 13.4. The Morgan fingerprint density at radius 1 is 1.05 bits per heavy atom. The number of carbonyl (C=O) groups excluding carboxylic acids is 2. The topological polar surface area (TPSA) is 104 Å². The summed E-state index contributed by atoms with van der Waals surface area (Å²) >= 11 is 0. The first-order valence-electron chi connectivity index (χ1n) is 14.3. The van der Waals surface area contributed by atoms with Crippen molar-refractivity contribution in [2.24, 2.45) is 0 Å². The molecule has 2 aliphatic rings. The lowest BCUT2D eigenvalue weighted by Gasteiger charge is -2.27. The number of ether oxygens (including phenoxy) is 1. The molecule has 0 atom stereocenters. The van der Waals surface area contributed by atoms with E-state index in [4.69, 9.17) is 4.74 Å². The molecule has 0 spiro atoms. The van der Waals surface area contributed by atoms with Crippen LogP contribution in [0.5, 0.6) is 0 Å². The van der Waals surface area contributed by atoms with Gasteiger partial charge in [0.25, 0.3) is 11.5 Å². The summed E-state index contributed by atoms with van der Waals surface area (Å²) in [4.78, 5) is 43.9. The van der Waals surface area contributed by atoms with Crippen LogP contribution in [0.1, 0.15) is 56.7 Å². The van der Waals surface area contributed by atoms with Crippen molar-refractivity contribution in [1.29, 1.82) is 0 Å². The van der Waals surface area contributed by atoms with Gasteiger partial charge in [0.2, 0.25) is 5.91 Å². The van der Waals surface area contributed by atoms with E-state index in [2.05, 4.69) is 33.2 Å². The molecule has 8 heteroatoms. The minimum absolute atomic E-state index is 0.131. The van der Waals surface area contributed by atoms with Crippen LogP contribution in [0.3, 0.4) is 0 Å². The lowest BCUT2D eigenvalue weighted by atomic mass is 9.88. The van der Waals surface area contributed by atoms with Gasteiger partial charge in [0.1, 0.15) is 0 Å². The van der Waals surface area contributed by atoms with Gasteiger partial charge in [0, 0.05) is 54.3 Å². The molecule has 1 fully saturated rings. The lowest BCUT2D eigenvalue weighted by molar-refractivity contribution is -0.111. The van der Waals surface area contributed by atoms with E-state index in [1.54, 1.807) is 0 Å². The first-order chi connectivity index (χ1) is 19.8. The first-order valence-corrected chi connectivity index (χ1v) is 14.3. The molecule has 1 saturated heterocycles. The zero-order chi connectivity index (χ0) is 28.9. The van der Waals surface area contributed by atoms with E-state index < -0.39 is 0 Å². The lowest BCUT2D eigenvalue weighted by Crippen LogP contribution is -2.35. The summed E-state index contributed by atoms with van der Waals surface area (Å²) in [5, 5.41) is 5.95. The minimum Gasteiger partial charge on any atom is -0.379 e. The van der Waals surface area contributed by atoms with Gasteiger partial charge in [-0.15, -0.1) is 0 Å². The molecule has 1 aromatic heterocycles. The monoisotopic (exact) mass is 554 g/mol. The smallest absolute Gasteiger partial charge is 0.253 e. The molecule has 5 rings (SSSR count). The van der Waals surface area contributed by atoms with Gasteiger partial charge in [-0.2, -0.15) is 0 Å². The summed E-state index contributed by atoms with van der Waals surface area (Å²) in [5.74, 6) is -0.541. The zero-order valence-electron chi connectivity index (χ0n) is 23.9. The number of H-pyrrole nitrogens is 1. The Morgan fingerprint density at radius 3 is 2.56 bits per heavy atom. The van der Waals surface area contributed by atoms with Crippen molar-refractivity contribution in [2.45, 2.75) is 52.6 Å². The molecule has 8 nitrogen and oxygen atoms in total. The highest BCUT2D eigenvalue weighted by Gasteiger charge is 2.20. The highest BCUT2D eigenvalue weighted by Crippen LogP contribution is 2.31. The number of aryl methyl sites for hydroxylation is 2. The number of aromatic nitrogens is 1. The van der Waals surface area contributed by atoms with Crippen molar-refractivity contribution in [1.82, 2.24) is 15.2 Å². The predicted molar refractivity (Wildman–Crippen MR) is 161 cm³/mol. The van der Waals surface area contributed by atoms with Crippen LogP contribution in [0.15, 0.2) is 53.8 Å². The summed E-state index contributed by atoms with van der Waals surface area (Å²) < 4.78 is 5.46. The Balaban J connectivity index is 1.40. The number of rotatable bonds is 8. The Hall–Kier alpha value is -4.01. The molecule has 41 heavy (non-hydrogen) atoms. The second-order valence-corrected chi connectivity index (χ2v) is 10.9. The molecule has 0 saturated carbocycles. The number of amides is 2. The van der Waals surface area contributed by atoms with Crippen LogP contribution in [0, 0.1) is 13.8 Å². The Bertz CT molecular complexity index is 1530. The van der Waals surface area contributed by atoms with E-state index in [1.165, 1.54) is 11.6 Å². The van der Waals surface area contributed by atoms with Crippen molar-refractivity contribution >= 4 is 17.5 Å². The van der Waals surface area contributed by atoms with Gasteiger partial charge in [-0.05, 0) is 85.6 Å². The number of nitrogens with one attached hydrogen (secondary N) is 3. The maximum absolute atomic E-state index is 13.4. The number of morpholine rings is 1. The highest BCUT2D eigenvalue weighted by molar-refractivity contribution is 6.02. The number of pyridine rings is 1. The van der Waals surface area contributed by atoms with Crippen molar-refractivity contribution in [3.8, 4) is 11.1 Å². The van der Waals surface area contributed by atoms with Crippen LogP contribution >= 0.6 is 0 Å². The SMILES string of the molecule is C=CC(=O)Nc1cc(CN2CCOCC2)ccc1-c1ccc(C)c(C(=O)NCc2c3c(c(C)[nH]c2=O)CCCC3)c1. The van der Waals surface area contributed by atoms with E-state index in [1.807, 2.05) is 44.2 Å². The zero-order valence-corrected chi connectivity index (χ0v) is 23.9. The number of fused-ring (bicyclic) bond motifs is 1. The number of hydrogen-bond acceptors (Lipinski definition) is 5. The molecule has 1 aliphatic carbocycles. The van der Waals surface area contributed by atoms with Gasteiger partial charge in [-0.1, -0.05) is 30.8 Å². The summed E-state index contributed by atoms with van der Waals surface area (Å²) in [7, 11) is 0. The van der Waals surface area contributed by atoms with Crippen molar-refractivity contribution in [2.75, 3.05) is 31.6 Å². The number of hydrogen-bond donors (Lipinski definition) is 3. The average Bonchev–Trinajstić information content (AvgIpc) is 2.98. The number of nitrogens with zero attached hydrogens (tertiary/aromatic N) is 1. The molecule has 3 N–H and O–H groups in total. The molecule has 0 unspecified atom stereocenters. The van der Waals surface area contributed by atoms with Gasteiger partial charge >= 0.3 is 0 Å². The number of anilines is 1. The van der Waals surface area contributed by atoms with E-state index >= 15 is 0 Å². The van der Waals surface area contributed by atoms with Gasteiger partial charge < -0.3 is 20.4 Å². The summed E-state index contributed by atoms with van der Waals surface area (Å²) in [6.45, 7) is 11.5. The van der Waals surface area contributed by atoms with Gasteiger partial charge in [0.05, 0.1) is 13.2 Å². The third-order valence-electron chi connectivity index (χ3n) is 8.12. The van der Waals surface area contributed by atoms with E-state index in [0.717, 1.165) is 78.8 Å². The molecule has 2 heterocycles. The number of benzene rings is 2. The van der Waals surface area contributed by atoms with Crippen LogP contribution in [-0.2, 0) is 35.5 Å². The van der Waals surface area contributed by atoms with Crippen molar-refractivity contribution in [3.63, 3.8) is 0 Å². The first kappa shape index (κ1) is 28.5. The fourth-order valence-corrected chi connectivity index (χ4v) is 5.84. The van der Waals surface area contributed by atoms with Crippen LogP contribution < -0.4 is 16.2 Å². The third kappa shape index (κ3) is 6.50. The molecule has 2 aromatic carbocycles. The quantitative estimate of drug-likeness (QED) is 0.358. The Morgan fingerprint density at radius 2 is 1.80 bits per heavy atom. The van der Waals surface area contributed by atoms with Crippen molar-refractivity contribution < 1.29 is 14.3 Å². The van der Waals surface area contributed by atoms with Crippen LogP contribution in [-0.4, -0.2) is 48.0 Å². The Labute approximate surface area is 240 Å². The highest BCUT2D eigenvalue weighted by atomic mass is 16.5. The molecule has 2 amide bonds. The molecule has 214 valence electrons. The normalized spacial score (nSPS) is 15.2. The van der Waals surface area contributed by atoms with E-state index in [0.29, 0.717) is 30.0 Å². The fourth-order valence-electron chi connectivity index (χ4n) is 5.84. The largest absolute Gasteiger partial charge is 0.379 e. The summed E-state index contributed by atoms with van der Waals surface area (Å²) in [5.41, 5.74) is 8.45. The van der Waals surface area contributed by atoms with Gasteiger partial charge in [-0.3, -0.25) is 19.3 Å². The second-order valence-electron chi connectivity index (χ2n) is 10.9. The van der Waals surface area contributed by atoms with Gasteiger partial charge in [-0.25, -0.2) is 0 Å². The fraction of sp³-hybridized carbons (Fsp3) is 0.364. The van der Waals surface area contributed by atoms with Crippen molar-refractivity contribution in [3.05, 3.63) is 98.5 Å². The van der Waals surface area contributed by atoms with Crippen LogP contribution in [0.25, 0.3) is 11.1 Å². The molecule has 0 radical (unpaired) electrons.